The Labute approximate surface area is 129 Å². The van der Waals surface area contributed by atoms with Crippen LogP contribution < -0.4 is 5.32 Å². The number of thiazole rings is 1. The molecule has 0 saturated heterocycles. The number of carbonyl (C=O) groups excluding carboxylic acids is 1. The number of hydrogen-bond acceptors (Lipinski definition) is 3. The smallest absolute Gasteiger partial charge is 0.257 e. The van der Waals surface area contributed by atoms with Crippen molar-refractivity contribution in [2.75, 3.05) is 5.32 Å². The lowest BCUT2D eigenvalue weighted by atomic mass is 10.2. The van der Waals surface area contributed by atoms with Gasteiger partial charge in [-0.1, -0.05) is 6.07 Å². The molecule has 0 atom stereocenters. The SMILES string of the molecule is O=C(Nc1nc(-c2ccc(F)cc2)cs1)c1cccc(F)c1. The number of aromatic nitrogens is 1. The maximum Gasteiger partial charge on any atom is 0.257 e. The Bertz CT molecular complexity index is 815. The van der Waals surface area contributed by atoms with E-state index in [1.807, 2.05) is 0 Å². The molecule has 0 bridgehead atoms. The van der Waals surface area contributed by atoms with Gasteiger partial charge in [-0.05, 0) is 42.5 Å². The average Bonchev–Trinajstić information content (AvgIpc) is 2.96. The molecule has 22 heavy (non-hydrogen) atoms. The molecule has 0 unspecified atom stereocenters. The second-order valence-electron chi connectivity index (χ2n) is 4.51. The van der Waals surface area contributed by atoms with Crippen molar-refractivity contribution in [1.29, 1.82) is 0 Å². The highest BCUT2D eigenvalue weighted by Crippen LogP contribution is 2.25. The van der Waals surface area contributed by atoms with Crippen molar-refractivity contribution in [3.8, 4) is 11.3 Å². The van der Waals surface area contributed by atoms with Gasteiger partial charge < -0.3 is 0 Å². The van der Waals surface area contributed by atoms with Crippen LogP contribution in [0.4, 0.5) is 13.9 Å². The van der Waals surface area contributed by atoms with Crippen molar-refractivity contribution in [3.63, 3.8) is 0 Å². The Morgan fingerprint density at radius 1 is 1.05 bits per heavy atom. The van der Waals surface area contributed by atoms with Gasteiger partial charge in [0.1, 0.15) is 11.6 Å². The molecule has 0 saturated carbocycles. The zero-order chi connectivity index (χ0) is 15.5. The summed E-state index contributed by atoms with van der Waals surface area (Å²) in [5, 5.41) is 4.77. The van der Waals surface area contributed by atoms with Crippen LogP contribution in [0.5, 0.6) is 0 Å². The first-order valence-electron chi connectivity index (χ1n) is 6.40. The molecule has 1 aromatic heterocycles. The van der Waals surface area contributed by atoms with Crippen molar-refractivity contribution in [2.45, 2.75) is 0 Å². The predicted octanol–water partition coefficient (Wildman–Crippen LogP) is 4.34. The molecule has 0 radical (unpaired) electrons. The third-order valence-electron chi connectivity index (χ3n) is 2.95. The third-order valence-corrected chi connectivity index (χ3v) is 3.71. The molecule has 3 aromatic rings. The second-order valence-corrected chi connectivity index (χ2v) is 5.37. The highest BCUT2D eigenvalue weighted by Gasteiger charge is 2.10. The molecule has 1 heterocycles. The van der Waals surface area contributed by atoms with E-state index in [-0.39, 0.29) is 11.4 Å². The standard InChI is InChI=1S/C16H10F2N2OS/c17-12-6-4-10(5-7-12)14-9-22-16(19-14)20-15(21)11-2-1-3-13(18)8-11/h1-9H,(H,19,20,21). The maximum absolute atomic E-state index is 13.1. The van der Waals surface area contributed by atoms with E-state index in [2.05, 4.69) is 10.3 Å². The number of anilines is 1. The lowest BCUT2D eigenvalue weighted by Crippen LogP contribution is -2.11. The van der Waals surface area contributed by atoms with Crippen molar-refractivity contribution in [1.82, 2.24) is 4.98 Å². The molecule has 0 aliphatic rings. The number of nitrogens with one attached hydrogen (secondary N) is 1. The molecule has 1 amide bonds. The van der Waals surface area contributed by atoms with Gasteiger partial charge in [-0.25, -0.2) is 13.8 Å². The Kier molecular flexibility index (Phi) is 3.93. The van der Waals surface area contributed by atoms with Crippen molar-refractivity contribution in [2.24, 2.45) is 0 Å². The minimum Gasteiger partial charge on any atom is -0.298 e. The van der Waals surface area contributed by atoms with Crippen LogP contribution in [0, 0.1) is 11.6 Å². The zero-order valence-corrected chi connectivity index (χ0v) is 12.0. The monoisotopic (exact) mass is 316 g/mol. The molecular weight excluding hydrogens is 306 g/mol. The van der Waals surface area contributed by atoms with E-state index in [1.54, 1.807) is 17.5 Å². The number of carbonyl (C=O) groups is 1. The Morgan fingerprint density at radius 2 is 1.82 bits per heavy atom. The minimum atomic E-state index is -0.473. The van der Waals surface area contributed by atoms with Gasteiger partial charge in [-0.15, -0.1) is 11.3 Å². The van der Waals surface area contributed by atoms with Gasteiger partial charge in [0.2, 0.25) is 0 Å². The van der Waals surface area contributed by atoms with E-state index in [9.17, 15) is 13.6 Å². The minimum absolute atomic E-state index is 0.221. The maximum atomic E-state index is 13.1. The van der Waals surface area contributed by atoms with E-state index in [0.29, 0.717) is 10.8 Å². The fraction of sp³-hybridized carbons (Fsp3) is 0. The van der Waals surface area contributed by atoms with Crippen LogP contribution in [0.3, 0.4) is 0 Å². The Balaban J connectivity index is 1.77. The van der Waals surface area contributed by atoms with Crippen LogP contribution in [-0.2, 0) is 0 Å². The zero-order valence-electron chi connectivity index (χ0n) is 11.2. The summed E-state index contributed by atoms with van der Waals surface area (Å²) in [4.78, 5) is 16.3. The second kappa shape index (κ2) is 6.03. The number of hydrogen-bond donors (Lipinski definition) is 1. The average molecular weight is 316 g/mol. The molecule has 3 nitrogen and oxygen atoms in total. The van der Waals surface area contributed by atoms with Gasteiger partial charge in [-0.3, -0.25) is 10.1 Å². The van der Waals surface area contributed by atoms with Gasteiger partial charge in [0.05, 0.1) is 5.69 Å². The summed E-state index contributed by atoms with van der Waals surface area (Å²) in [6, 6.07) is 11.3. The Morgan fingerprint density at radius 3 is 2.55 bits per heavy atom. The third kappa shape index (κ3) is 3.17. The topological polar surface area (TPSA) is 42.0 Å². The van der Waals surface area contributed by atoms with Crippen LogP contribution >= 0.6 is 11.3 Å². The van der Waals surface area contributed by atoms with Crippen LogP contribution in [0.15, 0.2) is 53.9 Å². The van der Waals surface area contributed by atoms with E-state index < -0.39 is 11.7 Å². The largest absolute Gasteiger partial charge is 0.298 e. The van der Waals surface area contributed by atoms with Crippen molar-refractivity contribution >= 4 is 22.4 Å². The number of halogens is 2. The Hall–Kier alpha value is -2.60. The van der Waals surface area contributed by atoms with Crippen molar-refractivity contribution < 1.29 is 13.6 Å². The molecule has 0 fully saturated rings. The fourth-order valence-electron chi connectivity index (χ4n) is 1.88. The molecule has 2 aromatic carbocycles. The van der Waals surface area contributed by atoms with Gasteiger partial charge in [-0.2, -0.15) is 0 Å². The molecule has 6 heteroatoms. The molecule has 0 spiro atoms. The lowest BCUT2D eigenvalue weighted by molar-refractivity contribution is 0.102. The van der Waals surface area contributed by atoms with E-state index in [1.165, 1.54) is 41.7 Å². The summed E-state index contributed by atoms with van der Waals surface area (Å²) in [6.07, 6.45) is 0. The van der Waals surface area contributed by atoms with Gasteiger partial charge in [0.15, 0.2) is 5.13 Å². The first kappa shape index (κ1) is 14.3. The molecule has 110 valence electrons. The number of rotatable bonds is 3. The quantitative estimate of drug-likeness (QED) is 0.781. The highest BCUT2D eigenvalue weighted by molar-refractivity contribution is 7.14. The summed E-state index contributed by atoms with van der Waals surface area (Å²) in [5.41, 5.74) is 1.61. The predicted molar refractivity (Wildman–Crippen MR) is 81.9 cm³/mol. The lowest BCUT2D eigenvalue weighted by Gasteiger charge is -2.01. The molecule has 0 aliphatic carbocycles. The van der Waals surface area contributed by atoms with E-state index >= 15 is 0 Å². The first-order chi connectivity index (χ1) is 10.6. The van der Waals surface area contributed by atoms with Gasteiger partial charge in [0.25, 0.3) is 5.91 Å². The van der Waals surface area contributed by atoms with Crippen molar-refractivity contribution in [3.05, 3.63) is 71.1 Å². The molecule has 3 rings (SSSR count). The summed E-state index contributed by atoms with van der Waals surface area (Å²) in [7, 11) is 0. The van der Waals surface area contributed by atoms with Crippen LogP contribution in [0.1, 0.15) is 10.4 Å². The van der Waals surface area contributed by atoms with E-state index in [4.69, 9.17) is 0 Å². The van der Waals surface area contributed by atoms with Crippen LogP contribution in [-0.4, -0.2) is 10.9 Å². The summed E-state index contributed by atoms with van der Waals surface area (Å²) in [6.45, 7) is 0. The van der Waals surface area contributed by atoms with Gasteiger partial charge >= 0.3 is 0 Å². The van der Waals surface area contributed by atoms with E-state index in [0.717, 1.165) is 11.6 Å². The summed E-state index contributed by atoms with van der Waals surface area (Å²) >= 11 is 1.25. The van der Waals surface area contributed by atoms with Crippen LogP contribution in [0.25, 0.3) is 11.3 Å². The highest BCUT2D eigenvalue weighted by atomic mass is 32.1. The number of nitrogens with zero attached hydrogens (tertiary/aromatic N) is 1. The van der Waals surface area contributed by atoms with Gasteiger partial charge in [0, 0.05) is 16.5 Å². The number of benzene rings is 2. The first-order valence-corrected chi connectivity index (χ1v) is 7.28. The normalized spacial score (nSPS) is 10.5. The fourth-order valence-corrected chi connectivity index (χ4v) is 2.60. The molecule has 1 N–H and O–H groups in total. The summed E-state index contributed by atoms with van der Waals surface area (Å²) < 4.78 is 26.0. The molecule has 0 aliphatic heterocycles. The molecular formula is C16H10F2N2OS. The number of amides is 1. The summed E-state index contributed by atoms with van der Waals surface area (Å²) in [5.74, 6) is -1.23. The van der Waals surface area contributed by atoms with Crippen LogP contribution in [0.2, 0.25) is 0 Å².